The van der Waals surface area contributed by atoms with Crippen molar-refractivity contribution in [1.29, 1.82) is 0 Å². The molecule has 0 heterocycles. The average Bonchev–Trinajstić information content (AvgIpc) is 2.63. The summed E-state index contributed by atoms with van der Waals surface area (Å²) in [5, 5.41) is 2.63. The number of rotatable bonds is 5. The van der Waals surface area contributed by atoms with Crippen LogP contribution in [0.1, 0.15) is 37.4 Å². The standard InChI is InChI=1S/C20H21NO5/c1-12-5-7-15(9-14(12)3)20(24)26-11-18(22)21-17-10-16(19(23)25-4)8-6-13(17)2/h5-10H,11H2,1-4H3,(H,21,22). The summed E-state index contributed by atoms with van der Waals surface area (Å²) in [6.45, 7) is 5.21. The summed E-state index contributed by atoms with van der Waals surface area (Å²) in [6, 6.07) is 10.0. The van der Waals surface area contributed by atoms with Gasteiger partial charge in [-0.2, -0.15) is 0 Å². The first kappa shape index (κ1) is 19.2. The highest BCUT2D eigenvalue weighted by molar-refractivity contribution is 5.97. The van der Waals surface area contributed by atoms with Crippen LogP contribution >= 0.6 is 0 Å². The third kappa shape index (κ3) is 4.69. The van der Waals surface area contributed by atoms with E-state index in [1.165, 1.54) is 13.2 Å². The molecule has 0 saturated carbocycles. The minimum Gasteiger partial charge on any atom is -0.465 e. The molecule has 2 rings (SSSR count). The number of benzene rings is 2. The van der Waals surface area contributed by atoms with E-state index in [4.69, 9.17) is 4.74 Å². The van der Waals surface area contributed by atoms with E-state index < -0.39 is 24.5 Å². The molecule has 2 aromatic carbocycles. The summed E-state index contributed by atoms with van der Waals surface area (Å²) in [6.07, 6.45) is 0. The number of carbonyl (C=O) groups excluding carboxylic acids is 3. The van der Waals surface area contributed by atoms with Gasteiger partial charge in [0.2, 0.25) is 0 Å². The maximum Gasteiger partial charge on any atom is 0.338 e. The van der Waals surface area contributed by atoms with Crippen molar-refractivity contribution in [1.82, 2.24) is 0 Å². The number of hydrogen-bond donors (Lipinski definition) is 1. The molecule has 0 atom stereocenters. The summed E-state index contributed by atoms with van der Waals surface area (Å²) >= 11 is 0. The van der Waals surface area contributed by atoms with Crippen LogP contribution in [0.5, 0.6) is 0 Å². The van der Waals surface area contributed by atoms with E-state index in [9.17, 15) is 14.4 Å². The van der Waals surface area contributed by atoms with Crippen LogP contribution in [0.2, 0.25) is 0 Å². The molecule has 0 aliphatic carbocycles. The van der Waals surface area contributed by atoms with Crippen LogP contribution in [-0.2, 0) is 14.3 Å². The molecule has 2 aromatic rings. The molecular formula is C20H21NO5. The number of nitrogens with one attached hydrogen (secondary N) is 1. The summed E-state index contributed by atoms with van der Waals surface area (Å²) in [5.74, 6) is -1.56. The molecule has 0 saturated heterocycles. The Morgan fingerprint density at radius 2 is 1.46 bits per heavy atom. The van der Waals surface area contributed by atoms with Crippen molar-refractivity contribution in [2.24, 2.45) is 0 Å². The average molecular weight is 355 g/mol. The number of hydrogen-bond acceptors (Lipinski definition) is 5. The zero-order chi connectivity index (χ0) is 19.3. The Morgan fingerprint density at radius 3 is 2.08 bits per heavy atom. The smallest absolute Gasteiger partial charge is 0.338 e. The van der Waals surface area contributed by atoms with E-state index in [-0.39, 0.29) is 0 Å². The molecule has 0 bridgehead atoms. The molecule has 0 aromatic heterocycles. The number of methoxy groups -OCH3 is 1. The van der Waals surface area contributed by atoms with Crippen molar-refractivity contribution in [2.75, 3.05) is 19.0 Å². The highest BCUT2D eigenvalue weighted by atomic mass is 16.5. The molecule has 6 nitrogen and oxygen atoms in total. The Labute approximate surface area is 152 Å². The number of amides is 1. The topological polar surface area (TPSA) is 81.7 Å². The second-order valence-corrected chi connectivity index (χ2v) is 5.94. The van der Waals surface area contributed by atoms with Crippen molar-refractivity contribution < 1.29 is 23.9 Å². The van der Waals surface area contributed by atoms with Gasteiger partial charge in [0.05, 0.1) is 18.2 Å². The number of anilines is 1. The minimum atomic E-state index is -0.566. The SMILES string of the molecule is COC(=O)c1ccc(C)c(NC(=O)COC(=O)c2ccc(C)c(C)c2)c1. The molecule has 0 unspecified atom stereocenters. The molecule has 136 valence electrons. The van der Waals surface area contributed by atoms with Gasteiger partial charge < -0.3 is 14.8 Å². The van der Waals surface area contributed by atoms with Crippen molar-refractivity contribution in [3.63, 3.8) is 0 Å². The lowest BCUT2D eigenvalue weighted by Crippen LogP contribution is -2.21. The van der Waals surface area contributed by atoms with Gasteiger partial charge in [0, 0.05) is 5.69 Å². The van der Waals surface area contributed by atoms with Crippen molar-refractivity contribution >= 4 is 23.5 Å². The zero-order valence-corrected chi connectivity index (χ0v) is 15.2. The van der Waals surface area contributed by atoms with E-state index in [2.05, 4.69) is 10.1 Å². The van der Waals surface area contributed by atoms with Crippen molar-refractivity contribution in [2.45, 2.75) is 20.8 Å². The van der Waals surface area contributed by atoms with E-state index >= 15 is 0 Å². The van der Waals surface area contributed by atoms with Crippen LogP contribution in [0.3, 0.4) is 0 Å². The Hall–Kier alpha value is -3.15. The zero-order valence-electron chi connectivity index (χ0n) is 15.2. The van der Waals surface area contributed by atoms with Gasteiger partial charge in [-0.3, -0.25) is 4.79 Å². The highest BCUT2D eigenvalue weighted by Gasteiger charge is 2.13. The lowest BCUT2D eigenvalue weighted by Gasteiger charge is -2.11. The fraction of sp³-hybridized carbons (Fsp3) is 0.250. The van der Waals surface area contributed by atoms with E-state index in [0.717, 1.165) is 16.7 Å². The second-order valence-electron chi connectivity index (χ2n) is 5.94. The van der Waals surface area contributed by atoms with Crippen LogP contribution in [-0.4, -0.2) is 31.6 Å². The van der Waals surface area contributed by atoms with Gasteiger partial charge in [0.15, 0.2) is 6.61 Å². The lowest BCUT2D eigenvalue weighted by atomic mass is 10.1. The predicted octanol–water partition coefficient (Wildman–Crippen LogP) is 3.19. The highest BCUT2D eigenvalue weighted by Crippen LogP contribution is 2.17. The number of ether oxygens (including phenoxy) is 2. The Morgan fingerprint density at radius 1 is 0.846 bits per heavy atom. The normalized spacial score (nSPS) is 10.2. The maximum absolute atomic E-state index is 12.1. The summed E-state index contributed by atoms with van der Waals surface area (Å²) in [4.78, 5) is 35.7. The van der Waals surface area contributed by atoms with Crippen LogP contribution in [0.15, 0.2) is 36.4 Å². The molecule has 26 heavy (non-hydrogen) atoms. The van der Waals surface area contributed by atoms with Crippen LogP contribution in [0.4, 0.5) is 5.69 Å². The number of aryl methyl sites for hydroxylation is 3. The first-order valence-corrected chi connectivity index (χ1v) is 8.05. The first-order chi connectivity index (χ1) is 12.3. The van der Waals surface area contributed by atoms with Gasteiger partial charge in [-0.15, -0.1) is 0 Å². The fourth-order valence-electron chi connectivity index (χ4n) is 2.27. The van der Waals surface area contributed by atoms with Crippen LogP contribution in [0, 0.1) is 20.8 Å². The second kappa shape index (κ2) is 8.29. The number of esters is 2. The molecule has 1 amide bonds. The minimum absolute atomic E-state index is 0.320. The van der Waals surface area contributed by atoms with Gasteiger partial charge in [-0.25, -0.2) is 9.59 Å². The fourth-order valence-corrected chi connectivity index (χ4v) is 2.27. The van der Waals surface area contributed by atoms with Crippen LogP contribution in [0.25, 0.3) is 0 Å². The molecule has 0 fully saturated rings. The van der Waals surface area contributed by atoms with Crippen molar-refractivity contribution in [3.8, 4) is 0 Å². The molecule has 1 N–H and O–H groups in total. The Balaban J connectivity index is 1.99. The molecule has 0 radical (unpaired) electrons. The van der Waals surface area contributed by atoms with Gasteiger partial charge in [0.25, 0.3) is 5.91 Å². The first-order valence-electron chi connectivity index (χ1n) is 8.05. The molecule has 0 spiro atoms. The largest absolute Gasteiger partial charge is 0.465 e. The Bertz CT molecular complexity index is 857. The third-order valence-electron chi connectivity index (χ3n) is 4.01. The molecule has 0 aliphatic heterocycles. The molecule has 6 heteroatoms. The quantitative estimate of drug-likeness (QED) is 0.833. The van der Waals surface area contributed by atoms with E-state index in [0.29, 0.717) is 16.8 Å². The molecule has 0 aliphatic rings. The number of carbonyl (C=O) groups is 3. The van der Waals surface area contributed by atoms with E-state index in [1.807, 2.05) is 19.9 Å². The van der Waals surface area contributed by atoms with E-state index in [1.54, 1.807) is 31.2 Å². The summed E-state index contributed by atoms with van der Waals surface area (Å²) < 4.78 is 9.71. The monoisotopic (exact) mass is 355 g/mol. The van der Waals surface area contributed by atoms with Crippen molar-refractivity contribution in [3.05, 3.63) is 64.2 Å². The third-order valence-corrected chi connectivity index (χ3v) is 4.01. The van der Waals surface area contributed by atoms with Gasteiger partial charge in [-0.1, -0.05) is 12.1 Å². The Kier molecular flexibility index (Phi) is 6.11. The lowest BCUT2D eigenvalue weighted by molar-refractivity contribution is -0.119. The summed E-state index contributed by atoms with van der Waals surface area (Å²) in [5.41, 5.74) is 3.98. The van der Waals surface area contributed by atoms with Gasteiger partial charge in [0.1, 0.15) is 0 Å². The summed E-state index contributed by atoms with van der Waals surface area (Å²) in [7, 11) is 1.28. The van der Waals surface area contributed by atoms with Gasteiger partial charge in [-0.05, 0) is 61.7 Å². The molecular weight excluding hydrogens is 334 g/mol. The predicted molar refractivity (Wildman–Crippen MR) is 97.3 cm³/mol. The maximum atomic E-state index is 12.1. The van der Waals surface area contributed by atoms with Gasteiger partial charge >= 0.3 is 11.9 Å². The van der Waals surface area contributed by atoms with Crippen LogP contribution < -0.4 is 5.32 Å².